The van der Waals surface area contributed by atoms with Gasteiger partial charge in [-0.2, -0.15) is 0 Å². The van der Waals surface area contributed by atoms with Crippen LogP contribution in [0.2, 0.25) is 5.02 Å². The van der Waals surface area contributed by atoms with Crippen LogP contribution in [-0.4, -0.2) is 10.6 Å². The highest BCUT2D eigenvalue weighted by atomic mass is 35.5. The molecule has 0 spiro atoms. The largest absolute Gasteiger partial charge is 0.487 e. The lowest BCUT2D eigenvalue weighted by Crippen LogP contribution is -2.35. The zero-order valence-corrected chi connectivity index (χ0v) is 20.3. The van der Waals surface area contributed by atoms with Gasteiger partial charge in [-0.25, -0.2) is 18.0 Å². The highest BCUT2D eigenvalue weighted by Crippen LogP contribution is 2.27. The maximum absolute atomic E-state index is 14.3. The summed E-state index contributed by atoms with van der Waals surface area (Å²) in [6.07, 6.45) is 0. The number of amides is 2. The van der Waals surface area contributed by atoms with Gasteiger partial charge in [0.15, 0.2) is 0 Å². The molecule has 4 rings (SSSR count). The van der Waals surface area contributed by atoms with Gasteiger partial charge in [0.1, 0.15) is 40.5 Å². The molecule has 0 atom stereocenters. The van der Waals surface area contributed by atoms with Crippen molar-refractivity contribution in [2.75, 3.05) is 4.90 Å². The minimum atomic E-state index is -0.927. The SMILES string of the molecule is Cc1cc(OCc2ccc(F)cc2CN(C(N)=O)c2ccccc2)c(Cl)c(=O)n1-c1c(F)cccc1F. The zero-order chi connectivity index (χ0) is 26.7. The third kappa shape index (κ3) is 5.46. The Balaban J connectivity index is 1.65. The van der Waals surface area contributed by atoms with E-state index in [1.807, 2.05) is 0 Å². The summed E-state index contributed by atoms with van der Waals surface area (Å²) in [5, 5.41) is -0.389. The number of halogens is 4. The number of rotatable bonds is 7. The highest BCUT2D eigenvalue weighted by Gasteiger charge is 2.20. The molecular weight excluding hydrogens is 507 g/mol. The number of nitrogens with two attached hydrogens (primary N) is 1. The van der Waals surface area contributed by atoms with Gasteiger partial charge in [0.25, 0.3) is 5.56 Å². The van der Waals surface area contributed by atoms with Crippen LogP contribution in [0.4, 0.5) is 23.7 Å². The van der Waals surface area contributed by atoms with Gasteiger partial charge in [-0.05, 0) is 54.4 Å². The van der Waals surface area contributed by atoms with E-state index in [9.17, 15) is 22.8 Å². The third-order valence-electron chi connectivity index (χ3n) is 5.67. The lowest BCUT2D eigenvalue weighted by Gasteiger charge is -2.22. The number of para-hydroxylation sites is 2. The number of pyridine rings is 1. The first kappa shape index (κ1) is 25.8. The number of hydrogen-bond acceptors (Lipinski definition) is 3. The molecular formula is C27H21ClF3N3O3. The molecule has 0 radical (unpaired) electrons. The molecule has 1 aromatic heterocycles. The summed E-state index contributed by atoms with van der Waals surface area (Å²) in [5.74, 6) is -2.41. The van der Waals surface area contributed by atoms with Gasteiger partial charge in [-0.15, -0.1) is 0 Å². The van der Waals surface area contributed by atoms with E-state index in [-0.39, 0.29) is 29.6 Å². The minimum absolute atomic E-state index is 0.0257. The highest BCUT2D eigenvalue weighted by molar-refractivity contribution is 6.31. The number of hydrogen-bond donors (Lipinski definition) is 1. The maximum Gasteiger partial charge on any atom is 0.319 e. The van der Waals surface area contributed by atoms with Crippen LogP contribution in [0.3, 0.4) is 0 Å². The number of anilines is 1. The first-order chi connectivity index (χ1) is 17.7. The van der Waals surface area contributed by atoms with Crippen LogP contribution >= 0.6 is 11.6 Å². The third-order valence-corrected chi connectivity index (χ3v) is 6.02. The molecule has 3 aromatic carbocycles. The monoisotopic (exact) mass is 527 g/mol. The second-order valence-electron chi connectivity index (χ2n) is 8.14. The normalized spacial score (nSPS) is 10.8. The first-order valence-corrected chi connectivity index (χ1v) is 11.4. The Bertz CT molecular complexity index is 1510. The fraction of sp³-hybridized carbons (Fsp3) is 0.111. The molecule has 2 amide bonds. The van der Waals surface area contributed by atoms with Gasteiger partial charge in [-0.3, -0.25) is 14.3 Å². The van der Waals surface area contributed by atoms with Crippen molar-refractivity contribution in [2.24, 2.45) is 5.73 Å². The van der Waals surface area contributed by atoms with E-state index < -0.39 is 34.7 Å². The van der Waals surface area contributed by atoms with Gasteiger partial charge in [0.05, 0.1) is 6.54 Å². The van der Waals surface area contributed by atoms with Crippen molar-refractivity contribution in [1.82, 2.24) is 4.57 Å². The summed E-state index contributed by atoms with van der Waals surface area (Å²) >= 11 is 6.23. The smallest absolute Gasteiger partial charge is 0.319 e. The van der Waals surface area contributed by atoms with Gasteiger partial charge >= 0.3 is 6.03 Å². The number of urea groups is 1. The Morgan fingerprint density at radius 2 is 1.65 bits per heavy atom. The number of primary amides is 1. The topological polar surface area (TPSA) is 77.6 Å². The Morgan fingerprint density at radius 1 is 0.973 bits per heavy atom. The number of aromatic nitrogens is 1. The van der Waals surface area contributed by atoms with Crippen LogP contribution in [0.1, 0.15) is 16.8 Å². The van der Waals surface area contributed by atoms with Gasteiger partial charge in [0, 0.05) is 17.4 Å². The summed E-state index contributed by atoms with van der Waals surface area (Å²) < 4.78 is 49.3. The number of benzene rings is 3. The van der Waals surface area contributed by atoms with Crippen molar-refractivity contribution >= 4 is 23.3 Å². The van der Waals surface area contributed by atoms with Gasteiger partial charge < -0.3 is 10.5 Å². The van der Waals surface area contributed by atoms with Crippen LogP contribution in [0.15, 0.2) is 77.6 Å². The molecule has 0 unspecified atom stereocenters. The van der Waals surface area contributed by atoms with E-state index in [0.29, 0.717) is 16.8 Å². The lowest BCUT2D eigenvalue weighted by molar-refractivity contribution is 0.253. The van der Waals surface area contributed by atoms with Crippen molar-refractivity contribution in [3.8, 4) is 11.4 Å². The second-order valence-corrected chi connectivity index (χ2v) is 8.51. The average molecular weight is 528 g/mol. The van der Waals surface area contributed by atoms with Gasteiger partial charge in [0.2, 0.25) is 0 Å². The Hall–Kier alpha value is -4.24. The van der Waals surface area contributed by atoms with Crippen LogP contribution in [-0.2, 0) is 13.2 Å². The number of aryl methyl sites for hydroxylation is 1. The van der Waals surface area contributed by atoms with E-state index >= 15 is 0 Å². The van der Waals surface area contributed by atoms with E-state index in [0.717, 1.165) is 16.7 Å². The number of carbonyl (C=O) groups excluding carboxylic acids is 1. The van der Waals surface area contributed by atoms with Crippen LogP contribution in [0, 0.1) is 24.4 Å². The molecule has 0 bridgehead atoms. The average Bonchev–Trinajstić information content (AvgIpc) is 2.86. The molecule has 6 nitrogen and oxygen atoms in total. The Morgan fingerprint density at radius 3 is 2.30 bits per heavy atom. The quantitative estimate of drug-likeness (QED) is 0.326. The van der Waals surface area contributed by atoms with E-state index in [1.165, 1.54) is 42.2 Å². The summed E-state index contributed by atoms with van der Waals surface area (Å²) in [5.41, 5.74) is 5.75. The molecule has 0 aliphatic heterocycles. The van der Waals surface area contributed by atoms with Crippen molar-refractivity contribution in [3.05, 3.63) is 122 Å². The zero-order valence-electron chi connectivity index (χ0n) is 19.6. The molecule has 0 saturated carbocycles. The summed E-state index contributed by atoms with van der Waals surface area (Å²) in [7, 11) is 0. The molecule has 0 aliphatic carbocycles. The maximum atomic E-state index is 14.3. The minimum Gasteiger partial charge on any atom is -0.487 e. The fourth-order valence-electron chi connectivity index (χ4n) is 3.88. The number of nitrogens with zero attached hydrogens (tertiary/aromatic N) is 2. The predicted octanol–water partition coefficient (Wildman–Crippen LogP) is 5.88. The molecule has 0 fully saturated rings. The molecule has 4 aromatic rings. The van der Waals surface area contributed by atoms with Crippen molar-refractivity contribution < 1.29 is 22.7 Å². The fourth-order valence-corrected chi connectivity index (χ4v) is 4.07. The predicted molar refractivity (Wildman–Crippen MR) is 135 cm³/mol. The lowest BCUT2D eigenvalue weighted by atomic mass is 10.1. The molecule has 2 N–H and O–H groups in total. The van der Waals surface area contributed by atoms with Crippen molar-refractivity contribution in [1.29, 1.82) is 0 Å². The number of carbonyl (C=O) groups is 1. The van der Waals surface area contributed by atoms with E-state index in [2.05, 4.69) is 0 Å². The molecule has 0 aliphatic rings. The first-order valence-electron chi connectivity index (χ1n) is 11.1. The van der Waals surface area contributed by atoms with E-state index in [1.54, 1.807) is 30.3 Å². The number of ether oxygens (including phenoxy) is 1. The van der Waals surface area contributed by atoms with Gasteiger partial charge in [-0.1, -0.05) is 41.9 Å². The summed E-state index contributed by atoms with van der Waals surface area (Å²) in [6.45, 7) is 1.29. The summed E-state index contributed by atoms with van der Waals surface area (Å²) in [4.78, 5) is 26.3. The van der Waals surface area contributed by atoms with E-state index in [4.69, 9.17) is 22.1 Å². The molecule has 37 heavy (non-hydrogen) atoms. The molecule has 10 heteroatoms. The summed E-state index contributed by atoms with van der Waals surface area (Å²) in [6, 6.07) is 16.5. The van der Waals surface area contributed by atoms with Crippen molar-refractivity contribution in [2.45, 2.75) is 20.1 Å². The van der Waals surface area contributed by atoms with Crippen LogP contribution in [0.5, 0.6) is 5.75 Å². The molecule has 0 saturated heterocycles. The van der Waals surface area contributed by atoms with Crippen LogP contribution < -0.4 is 20.9 Å². The standard InChI is InChI=1S/C27H21ClF3N3O3/c1-16-12-23(24(28)26(35)34(16)25-21(30)8-5-9-22(25)31)37-15-17-10-11-19(29)13-18(17)14-33(27(32)36)20-6-3-2-4-7-20/h2-13H,14-15H2,1H3,(H2,32,36). The van der Waals surface area contributed by atoms with Crippen molar-refractivity contribution in [3.63, 3.8) is 0 Å². The second kappa shape index (κ2) is 10.8. The molecule has 1 heterocycles. The van der Waals surface area contributed by atoms with Crippen LogP contribution in [0.25, 0.3) is 5.69 Å². The Kier molecular flexibility index (Phi) is 7.54. The Labute approximate surface area is 215 Å². The molecule has 190 valence electrons.